The van der Waals surface area contributed by atoms with Crippen molar-refractivity contribution in [2.24, 2.45) is 11.5 Å². The van der Waals surface area contributed by atoms with Gasteiger partial charge in [-0.2, -0.15) is 5.26 Å². The number of aryl methyl sites for hydroxylation is 1. The van der Waals surface area contributed by atoms with Crippen molar-refractivity contribution >= 4 is 46.5 Å². The molecule has 0 spiro atoms. The second-order valence-electron chi connectivity index (χ2n) is 10.8. The van der Waals surface area contributed by atoms with Gasteiger partial charge in [-0.1, -0.05) is 11.6 Å². The number of nitriles is 1. The van der Waals surface area contributed by atoms with Crippen molar-refractivity contribution in [1.29, 1.82) is 5.26 Å². The minimum Gasteiger partial charge on any atom is -0.476 e. The maximum absolute atomic E-state index is 14.9. The first kappa shape index (κ1) is 33.1. The van der Waals surface area contributed by atoms with Crippen LogP contribution < -0.4 is 21.5 Å². The molecule has 0 aliphatic carbocycles. The largest absolute Gasteiger partial charge is 0.476 e. The van der Waals surface area contributed by atoms with Gasteiger partial charge in [-0.3, -0.25) is 18.9 Å². The van der Waals surface area contributed by atoms with E-state index in [1.54, 1.807) is 59.0 Å². The summed E-state index contributed by atoms with van der Waals surface area (Å²) in [6.45, 7) is 4.37. The molecule has 0 saturated carbocycles. The first-order chi connectivity index (χ1) is 22.5. The van der Waals surface area contributed by atoms with Gasteiger partial charge in [-0.05, 0) is 49.7 Å². The molecule has 1 fully saturated rings. The predicted molar refractivity (Wildman–Crippen MR) is 169 cm³/mol. The first-order valence-electron chi connectivity index (χ1n) is 14.5. The monoisotopic (exact) mass is 663 g/mol. The van der Waals surface area contributed by atoms with Crippen LogP contribution in [0.25, 0.3) is 16.9 Å². The number of halogens is 2. The molecule has 2 atom stereocenters. The van der Waals surface area contributed by atoms with Crippen molar-refractivity contribution in [3.8, 4) is 23.1 Å². The second-order valence-corrected chi connectivity index (χ2v) is 11.1. The van der Waals surface area contributed by atoms with E-state index < -0.39 is 23.9 Å². The number of nitrogens with zero attached hydrogens (tertiary/aromatic N) is 6. The Hall–Kier alpha value is -5.30. The molecule has 1 saturated heterocycles. The van der Waals surface area contributed by atoms with Crippen LogP contribution in [-0.2, 0) is 14.3 Å². The van der Waals surface area contributed by atoms with Gasteiger partial charge in [0.15, 0.2) is 35.9 Å². The maximum atomic E-state index is 14.9. The fourth-order valence-electron chi connectivity index (χ4n) is 5.32. The molecular weight excluding hydrogens is 633 g/mol. The molecule has 47 heavy (non-hydrogen) atoms. The number of hydrogen-bond donors (Lipinski definition) is 3. The quantitative estimate of drug-likeness (QED) is 0.176. The summed E-state index contributed by atoms with van der Waals surface area (Å²) in [5.74, 6) is -3.22. The Balaban J connectivity index is 1.35. The van der Waals surface area contributed by atoms with Crippen LogP contribution in [0.3, 0.4) is 0 Å². The van der Waals surface area contributed by atoms with E-state index in [-0.39, 0.29) is 42.4 Å². The standard InChI is InChI=1S/C31H31ClFN9O5/c1-17-13-19(3-4-20(17)30(44)40-10-11-41(18(2)14-35)24(16-40)47-31(45)27(36)43)39-28-29-38-15-22(42(29)9-8-37-28)21-5-6-23(46-12-7-34)26(33)25(21)32/h3-6,8-9,13,15,18,24H,10-12,14,16,35H2,1-2H3,(H2,36,43)(H,37,39)/t18-,24?/m1/s1. The summed E-state index contributed by atoms with van der Waals surface area (Å²) in [5, 5.41) is 11.8. The molecule has 244 valence electrons. The van der Waals surface area contributed by atoms with E-state index in [1.165, 1.54) is 12.3 Å². The van der Waals surface area contributed by atoms with Gasteiger partial charge in [0.05, 0.1) is 23.5 Å². The number of nitrogens with two attached hydrogens (primary N) is 2. The van der Waals surface area contributed by atoms with Gasteiger partial charge in [0.2, 0.25) is 0 Å². The normalized spacial score (nSPS) is 15.6. The SMILES string of the molecule is Cc1cc(Nc2nccn3c(-c4ccc(OCC#N)c(F)c4Cl)cnc23)ccc1C(=O)N1CCN([C@H](C)CN)C(OC(=O)C(N)=O)C1. The number of rotatable bonds is 9. The van der Waals surface area contributed by atoms with E-state index in [1.807, 2.05) is 11.8 Å². The molecule has 0 radical (unpaired) electrons. The Morgan fingerprint density at radius 2 is 2.02 bits per heavy atom. The smallest absolute Gasteiger partial charge is 0.398 e. The third-order valence-corrected chi connectivity index (χ3v) is 8.15. The first-order valence-corrected chi connectivity index (χ1v) is 14.8. The summed E-state index contributed by atoms with van der Waals surface area (Å²) in [7, 11) is 0. The third-order valence-electron chi connectivity index (χ3n) is 7.78. The van der Waals surface area contributed by atoms with Gasteiger partial charge in [-0.25, -0.2) is 19.2 Å². The molecule has 2 amide bonds. The third kappa shape index (κ3) is 6.80. The summed E-state index contributed by atoms with van der Waals surface area (Å²) in [6.07, 6.45) is 3.85. The van der Waals surface area contributed by atoms with E-state index in [0.29, 0.717) is 52.6 Å². The zero-order valence-electron chi connectivity index (χ0n) is 25.4. The number of benzene rings is 2. The molecule has 16 heteroatoms. The van der Waals surface area contributed by atoms with Crippen LogP contribution in [0.1, 0.15) is 22.8 Å². The number of hydrogen-bond acceptors (Lipinski definition) is 11. The topological polar surface area (TPSA) is 194 Å². The minimum absolute atomic E-state index is 0.0271. The highest BCUT2D eigenvalue weighted by atomic mass is 35.5. The Labute approximate surface area is 273 Å². The Kier molecular flexibility index (Phi) is 9.85. The number of anilines is 2. The Morgan fingerprint density at radius 1 is 1.23 bits per heavy atom. The molecule has 14 nitrogen and oxygen atoms in total. The number of esters is 1. The van der Waals surface area contributed by atoms with Crippen LogP contribution in [-0.4, -0.2) is 87.0 Å². The highest BCUT2D eigenvalue weighted by Crippen LogP contribution is 2.36. The molecule has 3 heterocycles. The number of amides is 2. The fraction of sp³-hybridized carbons (Fsp3) is 0.290. The number of ether oxygens (including phenoxy) is 2. The van der Waals surface area contributed by atoms with E-state index >= 15 is 0 Å². The van der Waals surface area contributed by atoms with Gasteiger partial charge >= 0.3 is 11.9 Å². The number of fused-ring (bicyclic) bond motifs is 1. The van der Waals surface area contributed by atoms with Crippen LogP contribution in [0.15, 0.2) is 48.9 Å². The van der Waals surface area contributed by atoms with E-state index in [9.17, 15) is 18.8 Å². The molecule has 1 aliphatic heterocycles. The Bertz CT molecular complexity index is 1900. The molecule has 5 N–H and O–H groups in total. The van der Waals surface area contributed by atoms with Crippen LogP contribution in [0, 0.1) is 24.1 Å². The average molecular weight is 664 g/mol. The number of aromatic nitrogens is 3. The number of imidazole rings is 1. The minimum atomic E-state index is -1.22. The van der Waals surface area contributed by atoms with Crippen molar-refractivity contribution in [2.45, 2.75) is 26.1 Å². The Morgan fingerprint density at radius 3 is 2.72 bits per heavy atom. The maximum Gasteiger partial charge on any atom is 0.398 e. The lowest BCUT2D eigenvalue weighted by atomic mass is 10.1. The van der Waals surface area contributed by atoms with Gasteiger partial charge in [0.1, 0.15) is 6.07 Å². The number of primary amides is 1. The molecule has 1 aliphatic rings. The lowest BCUT2D eigenvalue weighted by molar-refractivity contribution is -0.171. The van der Waals surface area contributed by atoms with Gasteiger partial charge in [0, 0.05) is 54.9 Å². The molecular formula is C31H31ClFN9O5. The molecule has 2 aromatic heterocycles. The van der Waals surface area contributed by atoms with Gasteiger partial charge in [-0.15, -0.1) is 0 Å². The summed E-state index contributed by atoms with van der Waals surface area (Å²) in [4.78, 5) is 49.2. The summed E-state index contributed by atoms with van der Waals surface area (Å²) < 4.78 is 27.0. The second kappa shape index (κ2) is 14.0. The average Bonchev–Trinajstić information content (AvgIpc) is 3.49. The van der Waals surface area contributed by atoms with E-state index in [2.05, 4.69) is 15.3 Å². The molecule has 0 bridgehead atoms. The van der Waals surface area contributed by atoms with Crippen LogP contribution in [0.2, 0.25) is 5.02 Å². The fourth-order valence-corrected chi connectivity index (χ4v) is 5.57. The van der Waals surface area contributed by atoms with Crippen molar-refractivity contribution in [1.82, 2.24) is 24.2 Å². The summed E-state index contributed by atoms with van der Waals surface area (Å²) in [5.41, 5.74) is 13.9. The number of carbonyl (C=O) groups is 3. The zero-order valence-corrected chi connectivity index (χ0v) is 26.2. The van der Waals surface area contributed by atoms with Crippen molar-refractivity contribution in [3.05, 3.63) is 70.9 Å². The lowest BCUT2D eigenvalue weighted by Gasteiger charge is -2.43. The van der Waals surface area contributed by atoms with Crippen molar-refractivity contribution in [2.75, 3.05) is 38.1 Å². The number of nitrogens with one attached hydrogen (secondary N) is 1. The van der Waals surface area contributed by atoms with Crippen molar-refractivity contribution in [3.63, 3.8) is 0 Å². The van der Waals surface area contributed by atoms with Gasteiger partial charge in [0.25, 0.3) is 5.91 Å². The molecule has 4 aromatic rings. The summed E-state index contributed by atoms with van der Waals surface area (Å²) in [6, 6.07) is 9.78. The number of piperazine rings is 1. The molecule has 2 aromatic carbocycles. The van der Waals surface area contributed by atoms with Crippen molar-refractivity contribution < 1.29 is 28.2 Å². The highest BCUT2D eigenvalue weighted by Gasteiger charge is 2.36. The molecule has 5 rings (SSSR count). The van der Waals surface area contributed by atoms with Gasteiger partial charge < -0.3 is 31.2 Å². The predicted octanol–water partition coefficient (Wildman–Crippen LogP) is 2.60. The van der Waals surface area contributed by atoms with Crippen LogP contribution in [0.4, 0.5) is 15.9 Å². The van der Waals surface area contributed by atoms with E-state index in [0.717, 1.165) is 0 Å². The lowest BCUT2D eigenvalue weighted by Crippen LogP contribution is -2.60. The highest BCUT2D eigenvalue weighted by molar-refractivity contribution is 6.33. The van der Waals surface area contributed by atoms with E-state index in [4.69, 9.17) is 37.8 Å². The molecule has 1 unspecified atom stereocenters. The zero-order chi connectivity index (χ0) is 33.8. The van der Waals surface area contributed by atoms with Crippen LogP contribution >= 0.6 is 11.6 Å². The number of carbonyl (C=O) groups excluding carboxylic acids is 3. The summed E-state index contributed by atoms with van der Waals surface area (Å²) >= 11 is 6.33. The van der Waals surface area contributed by atoms with Crippen LogP contribution in [0.5, 0.6) is 5.75 Å².